The second kappa shape index (κ2) is 6.29. The van der Waals surface area contributed by atoms with Gasteiger partial charge in [0.05, 0.1) is 5.69 Å². The Morgan fingerprint density at radius 1 is 1.00 bits per heavy atom. The molecule has 0 aliphatic heterocycles. The van der Waals surface area contributed by atoms with Gasteiger partial charge in [0.25, 0.3) is 0 Å². The summed E-state index contributed by atoms with van der Waals surface area (Å²) in [7, 11) is 0. The number of rotatable bonds is 4. The molecule has 1 saturated carbocycles. The summed E-state index contributed by atoms with van der Waals surface area (Å²) in [5.41, 5.74) is 0.394. The van der Waals surface area contributed by atoms with Crippen molar-refractivity contribution in [3.05, 3.63) is 29.6 Å². The fourth-order valence-electron chi connectivity index (χ4n) is 3.16. The number of hydrogen-bond donors (Lipinski definition) is 1. The third-order valence-electron chi connectivity index (χ3n) is 5.11. The van der Waals surface area contributed by atoms with Crippen LogP contribution in [0.3, 0.4) is 0 Å². The Labute approximate surface area is 124 Å². The number of hydrogen-bond acceptors (Lipinski definition) is 1. The number of benzene rings is 1. The maximum Gasteiger partial charge on any atom is 0.161 e. The maximum atomic E-state index is 13.6. The van der Waals surface area contributed by atoms with Crippen molar-refractivity contribution in [2.45, 2.75) is 58.9 Å². The van der Waals surface area contributed by atoms with Gasteiger partial charge < -0.3 is 5.32 Å². The molecule has 1 aromatic rings. The highest BCUT2D eigenvalue weighted by atomic mass is 19.2. The fourth-order valence-corrected chi connectivity index (χ4v) is 3.16. The van der Waals surface area contributed by atoms with E-state index in [2.05, 4.69) is 26.1 Å². The van der Waals surface area contributed by atoms with Gasteiger partial charge in [-0.3, -0.25) is 0 Å². The van der Waals surface area contributed by atoms with Gasteiger partial charge in [0.2, 0.25) is 0 Å². The topological polar surface area (TPSA) is 12.0 Å². The van der Waals surface area contributed by atoms with Crippen LogP contribution < -0.4 is 5.32 Å². The van der Waals surface area contributed by atoms with E-state index >= 15 is 0 Å². The zero-order valence-electron chi connectivity index (χ0n) is 13.0. The van der Waals surface area contributed by atoms with E-state index in [9.17, 15) is 13.2 Å². The summed E-state index contributed by atoms with van der Waals surface area (Å²) >= 11 is 0. The van der Waals surface area contributed by atoms with Gasteiger partial charge in [0.15, 0.2) is 11.6 Å². The molecule has 1 aliphatic carbocycles. The van der Waals surface area contributed by atoms with Crippen LogP contribution in [0.25, 0.3) is 0 Å². The molecular weight excluding hydrogens is 275 g/mol. The van der Waals surface area contributed by atoms with Gasteiger partial charge in [0, 0.05) is 18.2 Å². The number of anilines is 1. The van der Waals surface area contributed by atoms with Gasteiger partial charge >= 0.3 is 0 Å². The Bertz CT molecular complexity index is 491. The van der Waals surface area contributed by atoms with Crippen molar-refractivity contribution >= 4 is 5.69 Å². The Morgan fingerprint density at radius 2 is 1.57 bits per heavy atom. The SMILES string of the molecule is CCC(C)(C)C1CCC(Nc2cc(F)c(F)cc2F)CC1. The number of halogens is 3. The lowest BCUT2D eigenvalue weighted by molar-refractivity contribution is 0.147. The summed E-state index contributed by atoms with van der Waals surface area (Å²) in [5, 5.41) is 3.03. The molecule has 0 unspecified atom stereocenters. The minimum atomic E-state index is -1.15. The average Bonchev–Trinajstić information content (AvgIpc) is 2.45. The molecule has 1 fully saturated rings. The minimum Gasteiger partial charge on any atom is -0.380 e. The van der Waals surface area contributed by atoms with Crippen molar-refractivity contribution in [2.24, 2.45) is 11.3 Å². The second-order valence-corrected chi connectivity index (χ2v) is 6.78. The Kier molecular flexibility index (Phi) is 4.84. The lowest BCUT2D eigenvalue weighted by atomic mass is 9.69. The largest absolute Gasteiger partial charge is 0.380 e. The van der Waals surface area contributed by atoms with Crippen LogP contribution in [0.2, 0.25) is 0 Å². The first-order valence-corrected chi connectivity index (χ1v) is 7.74. The summed E-state index contributed by atoms with van der Waals surface area (Å²) < 4.78 is 39.7. The quantitative estimate of drug-likeness (QED) is 0.723. The van der Waals surface area contributed by atoms with Crippen molar-refractivity contribution in [3.8, 4) is 0 Å². The van der Waals surface area contributed by atoms with E-state index in [1.807, 2.05) is 0 Å². The maximum absolute atomic E-state index is 13.6. The zero-order chi connectivity index (χ0) is 15.6. The average molecular weight is 299 g/mol. The van der Waals surface area contributed by atoms with Gasteiger partial charge in [-0.1, -0.05) is 27.2 Å². The second-order valence-electron chi connectivity index (χ2n) is 6.78. The van der Waals surface area contributed by atoms with Crippen LogP contribution >= 0.6 is 0 Å². The van der Waals surface area contributed by atoms with Gasteiger partial charge in [0.1, 0.15) is 5.82 Å². The molecule has 1 aromatic carbocycles. The van der Waals surface area contributed by atoms with E-state index in [1.54, 1.807) is 0 Å². The van der Waals surface area contributed by atoms with E-state index < -0.39 is 17.5 Å². The predicted molar refractivity (Wildman–Crippen MR) is 79.8 cm³/mol. The van der Waals surface area contributed by atoms with Crippen LogP contribution in [0, 0.1) is 28.8 Å². The van der Waals surface area contributed by atoms with Crippen LogP contribution in [0.5, 0.6) is 0 Å². The molecule has 4 heteroatoms. The predicted octanol–water partition coefficient (Wildman–Crippen LogP) is 5.51. The first-order valence-electron chi connectivity index (χ1n) is 7.74. The minimum absolute atomic E-state index is 0.0621. The normalized spacial score (nSPS) is 23.1. The first-order chi connectivity index (χ1) is 9.83. The van der Waals surface area contributed by atoms with Crippen molar-refractivity contribution in [1.29, 1.82) is 0 Å². The molecule has 0 amide bonds. The molecule has 0 radical (unpaired) electrons. The summed E-state index contributed by atoms with van der Waals surface area (Å²) in [6.45, 7) is 6.79. The van der Waals surface area contributed by atoms with Crippen LogP contribution in [0.4, 0.5) is 18.9 Å². The number of nitrogens with one attached hydrogen (secondary N) is 1. The molecule has 21 heavy (non-hydrogen) atoms. The molecule has 118 valence electrons. The zero-order valence-corrected chi connectivity index (χ0v) is 13.0. The molecule has 0 atom stereocenters. The van der Waals surface area contributed by atoms with E-state index in [4.69, 9.17) is 0 Å². The highest BCUT2D eigenvalue weighted by Crippen LogP contribution is 2.41. The summed E-state index contributed by atoms with van der Waals surface area (Å²) in [6, 6.07) is 1.64. The molecule has 0 spiro atoms. The fraction of sp³-hybridized carbons (Fsp3) is 0.647. The molecule has 0 aromatic heterocycles. The molecule has 0 heterocycles. The smallest absolute Gasteiger partial charge is 0.161 e. The van der Waals surface area contributed by atoms with Gasteiger partial charge in [-0.2, -0.15) is 0 Å². The van der Waals surface area contributed by atoms with Crippen molar-refractivity contribution < 1.29 is 13.2 Å². The third-order valence-corrected chi connectivity index (χ3v) is 5.11. The Hall–Kier alpha value is -1.19. The van der Waals surface area contributed by atoms with E-state index in [0.717, 1.165) is 38.2 Å². The van der Waals surface area contributed by atoms with Gasteiger partial charge in [-0.15, -0.1) is 0 Å². The lowest BCUT2D eigenvalue weighted by Gasteiger charge is -2.39. The van der Waals surface area contributed by atoms with E-state index in [0.29, 0.717) is 17.4 Å². The van der Waals surface area contributed by atoms with Crippen molar-refractivity contribution in [3.63, 3.8) is 0 Å². The summed E-state index contributed by atoms with van der Waals surface area (Å²) in [5.74, 6) is -2.22. The highest BCUT2D eigenvalue weighted by Gasteiger charge is 2.31. The van der Waals surface area contributed by atoms with Crippen molar-refractivity contribution in [2.75, 3.05) is 5.32 Å². The Morgan fingerprint density at radius 3 is 2.14 bits per heavy atom. The molecule has 1 N–H and O–H groups in total. The molecule has 1 aliphatic rings. The van der Waals surface area contributed by atoms with Crippen LogP contribution in [-0.2, 0) is 0 Å². The van der Waals surface area contributed by atoms with Crippen LogP contribution in [0.1, 0.15) is 52.9 Å². The van der Waals surface area contributed by atoms with Gasteiger partial charge in [-0.25, -0.2) is 13.2 Å². The monoisotopic (exact) mass is 299 g/mol. The van der Waals surface area contributed by atoms with E-state index in [1.165, 1.54) is 0 Å². The van der Waals surface area contributed by atoms with E-state index in [-0.39, 0.29) is 11.7 Å². The molecule has 0 bridgehead atoms. The Balaban J connectivity index is 1.97. The lowest BCUT2D eigenvalue weighted by Crippen LogP contribution is -2.33. The standard InChI is InChI=1S/C17H24F3N/c1-4-17(2,3)11-5-7-12(8-6-11)21-16-10-14(19)13(18)9-15(16)20/h9-12,21H,4-8H2,1-3H3. The summed E-state index contributed by atoms with van der Waals surface area (Å²) in [6.07, 6.45) is 5.19. The summed E-state index contributed by atoms with van der Waals surface area (Å²) in [4.78, 5) is 0. The molecule has 0 saturated heterocycles. The third kappa shape index (κ3) is 3.72. The first kappa shape index (κ1) is 16.2. The van der Waals surface area contributed by atoms with Crippen molar-refractivity contribution in [1.82, 2.24) is 0 Å². The molecular formula is C17H24F3N. The highest BCUT2D eigenvalue weighted by molar-refractivity contribution is 5.46. The van der Waals surface area contributed by atoms with Crippen LogP contribution in [-0.4, -0.2) is 6.04 Å². The van der Waals surface area contributed by atoms with Crippen LogP contribution in [0.15, 0.2) is 12.1 Å². The molecule has 2 rings (SSSR count). The van der Waals surface area contributed by atoms with Gasteiger partial charge in [-0.05, 0) is 37.0 Å². The molecule has 1 nitrogen and oxygen atoms in total.